The summed E-state index contributed by atoms with van der Waals surface area (Å²) in [6.45, 7) is 2.16. The fourth-order valence-corrected chi connectivity index (χ4v) is 2.98. The summed E-state index contributed by atoms with van der Waals surface area (Å²) in [5.74, 6) is -0.0724. The number of carbonyl (C=O) groups is 1. The van der Waals surface area contributed by atoms with Gasteiger partial charge in [-0.2, -0.15) is 0 Å². The summed E-state index contributed by atoms with van der Waals surface area (Å²) in [5, 5.41) is 7.94. The van der Waals surface area contributed by atoms with Crippen molar-refractivity contribution >= 4 is 21.6 Å². The maximum Gasteiger partial charge on any atom is 0.238 e. The molecule has 0 aliphatic carbocycles. The number of aryl methyl sites for hydroxylation is 2. The van der Waals surface area contributed by atoms with Crippen molar-refractivity contribution in [3.8, 4) is 0 Å². The number of rotatable bonds is 8. The third-order valence-corrected chi connectivity index (χ3v) is 4.88. The molecule has 0 atom stereocenters. The van der Waals surface area contributed by atoms with Crippen molar-refractivity contribution < 1.29 is 13.2 Å². The minimum absolute atomic E-state index is 0.0724. The zero-order valence-electron chi connectivity index (χ0n) is 14.4. The lowest BCUT2D eigenvalue weighted by Gasteiger charge is -2.07. The second-order valence-electron chi connectivity index (χ2n) is 6.04. The van der Waals surface area contributed by atoms with Gasteiger partial charge < -0.3 is 5.32 Å². The van der Waals surface area contributed by atoms with Crippen molar-refractivity contribution in [1.82, 2.24) is 0 Å². The van der Waals surface area contributed by atoms with E-state index < -0.39 is 10.0 Å². The lowest BCUT2D eigenvalue weighted by molar-refractivity contribution is -0.116. The summed E-state index contributed by atoms with van der Waals surface area (Å²) in [4.78, 5) is 12.1. The van der Waals surface area contributed by atoms with Gasteiger partial charge in [0.05, 0.1) is 4.90 Å². The molecule has 0 heterocycles. The summed E-state index contributed by atoms with van der Waals surface area (Å²) >= 11 is 0. The fourth-order valence-electron chi connectivity index (χ4n) is 2.46. The molecule has 0 aliphatic heterocycles. The maximum absolute atomic E-state index is 12.0. The summed E-state index contributed by atoms with van der Waals surface area (Å²) in [6.07, 6.45) is 4.24. The van der Waals surface area contributed by atoms with E-state index in [4.69, 9.17) is 5.14 Å². The molecule has 0 fully saturated rings. The minimum Gasteiger partial charge on any atom is -0.326 e. The Bertz CT molecular complexity index is 798. The Morgan fingerprint density at radius 3 is 2.08 bits per heavy atom. The van der Waals surface area contributed by atoms with E-state index in [9.17, 15) is 13.2 Å². The van der Waals surface area contributed by atoms with E-state index in [1.807, 2.05) is 24.3 Å². The molecule has 0 bridgehead atoms. The first kappa shape index (κ1) is 19.1. The van der Waals surface area contributed by atoms with Gasteiger partial charge in [-0.1, -0.05) is 37.6 Å². The third-order valence-electron chi connectivity index (χ3n) is 3.95. The van der Waals surface area contributed by atoms with Crippen molar-refractivity contribution in [3.05, 3.63) is 59.7 Å². The molecule has 3 N–H and O–H groups in total. The molecule has 1 amide bonds. The number of unbranched alkanes of at least 4 members (excludes halogenated alkanes) is 1. The maximum atomic E-state index is 12.0. The van der Waals surface area contributed by atoms with Gasteiger partial charge in [0, 0.05) is 12.1 Å². The van der Waals surface area contributed by atoms with Crippen molar-refractivity contribution in [2.45, 2.75) is 43.9 Å². The standard InChI is InChI=1S/C19H24N2O3S/c1-2-3-4-15-5-10-17(11-6-15)21-19(22)14-9-16-7-12-18(13-8-16)25(20,23)24/h5-8,10-13H,2-4,9,14H2,1H3,(H,21,22)(H2,20,23,24). The zero-order valence-corrected chi connectivity index (χ0v) is 15.2. The van der Waals surface area contributed by atoms with E-state index in [-0.39, 0.29) is 10.8 Å². The van der Waals surface area contributed by atoms with E-state index in [1.54, 1.807) is 12.1 Å². The van der Waals surface area contributed by atoms with Gasteiger partial charge in [0.2, 0.25) is 15.9 Å². The zero-order chi connectivity index (χ0) is 18.3. The molecular formula is C19H24N2O3S. The van der Waals surface area contributed by atoms with Crippen molar-refractivity contribution in [1.29, 1.82) is 0 Å². The lowest BCUT2D eigenvalue weighted by Crippen LogP contribution is -2.13. The Hall–Kier alpha value is -2.18. The highest BCUT2D eigenvalue weighted by Gasteiger charge is 2.08. The predicted octanol–water partition coefficient (Wildman–Crippen LogP) is 3.25. The Labute approximate surface area is 149 Å². The lowest BCUT2D eigenvalue weighted by atomic mass is 10.1. The molecule has 0 saturated carbocycles. The summed E-state index contributed by atoms with van der Waals surface area (Å²) < 4.78 is 22.4. The molecule has 0 spiro atoms. The van der Waals surface area contributed by atoms with Crippen LogP contribution in [0.2, 0.25) is 0 Å². The number of benzene rings is 2. The average Bonchev–Trinajstić information content (AvgIpc) is 2.59. The Morgan fingerprint density at radius 1 is 0.960 bits per heavy atom. The first-order valence-corrected chi connectivity index (χ1v) is 9.93. The monoisotopic (exact) mass is 360 g/mol. The van der Waals surface area contributed by atoms with E-state index >= 15 is 0 Å². The molecule has 2 rings (SSSR count). The number of anilines is 1. The van der Waals surface area contributed by atoms with E-state index in [2.05, 4.69) is 12.2 Å². The average molecular weight is 360 g/mol. The van der Waals surface area contributed by atoms with E-state index in [1.165, 1.54) is 17.7 Å². The van der Waals surface area contributed by atoms with Gasteiger partial charge in [0.15, 0.2) is 0 Å². The molecule has 0 unspecified atom stereocenters. The van der Waals surface area contributed by atoms with Gasteiger partial charge in [0.25, 0.3) is 0 Å². The van der Waals surface area contributed by atoms with Gasteiger partial charge in [-0.15, -0.1) is 0 Å². The largest absolute Gasteiger partial charge is 0.326 e. The van der Waals surface area contributed by atoms with Crippen LogP contribution in [0, 0.1) is 0 Å². The topological polar surface area (TPSA) is 89.3 Å². The quantitative estimate of drug-likeness (QED) is 0.757. The SMILES string of the molecule is CCCCc1ccc(NC(=O)CCc2ccc(S(N)(=O)=O)cc2)cc1. The van der Waals surface area contributed by atoms with Crippen LogP contribution in [-0.2, 0) is 27.7 Å². The molecule has 0 aromatic heterocycles. The molecule has 0 radical (unpaired) electrons. The molecule has 134 valence electrons. The number of primary sulfonamides is 1. The molecule has 2 aromatic rings. The van der Waals surface area contributed by atoms with Crippen LogP contribution in [0.4, 0.5) is 5.69 Å². The molecule has 5 nitrogen and oxygen atoms in total. The molecule has 25 heavy (non-hydrogen) atoms. The minimum atomic E-state index is -3.68. The Balaban J connectivity index is 1.84. The van der Waals surface area contributed by atoms with Crippen LogP contribution in [0.5, 0.6) is 0 Å². The van der Waals surface area contributed by atoms with Crippen LogP contribution in [-0.4, -0.2) is 14.3 Å². The third kappa shape index (κ3) is 6.32. The van der Waals surface area contributed by atoms with Crippen LogP contribution in [0.1, 0.15) is 37.3 Å². The molecule has 0 aliphatic rings. The summed E-state index contributed by atoms with van der Waals surface area (Å²) in [5.41, 5.74) is 2.95. The number of amides is 1. The van der Waals surface area contributed by atoms with E-state index in [0.29, 0.717) is 12.8 Å². The first-order chi connectivity index (χ1) is 11.9. The highest BCUT2D eigenvalue weighted by atomic mass is 32.2. The Morgan fingerprint density at radius 2 is 1.52 bits per heavy atom. The van der Waals surface area contributed by atoms with Crippen LogP contribution < -0.4 is 10.5 Å². The highest BCUT2D eigenvalue weighted by Crippen LogP contribution is 2.14. The van der Waals surface area contributed by atoms with Crippen LogP contribution in [0.15, 0.2) is 53.4 Å². The Kier molecular flexibility index (Phi) is 6.73. The number of carbonyl (C=O) groups excluding carboxylic acids is 1. The number of sulfonamides is 1. The van der Waals surface area contributed by atoms with Gasteiger partial charge in [-0.25, -0.2) is 13.6 Å². The first-order valence-electron chi connectivity index (χ1n) is 8.39. The smallest absolute Gasteiger partial charge is 0.238 e. The second-order valence-corrected chi connectivity index (χ2v) is 7.60. The molecular weight excluding hydrogens is 336 g/mol. The number of nitrogens with one attached hydrogen (secondary N) is 1. The van der Waals surface area contributed by atoms with Crippen molar-refractivity contribution in [2.75, 3.05) is 5.32 Å². The second kappa shape index (κ2) is 8.78. The van der Waals surface area contributed by atoms with Gasteiger partial charge >= 0.3 is 0 Å². The van der Waals surface area contributed by atoms with Gasteiger partial charge in [-0.3, -0.25) is 4.79 Å². The van der Waals surface area contributed by atoms with Gasteiger partial charge in [-0.05, 0) is 54.7 Å². The normalized spacial score (nSPS) is 11.3. The summed E-state index contributed by atoms with van der Waals surface area (Å²) in [7, 11) is -3.68. The number of hydrogen-bond acceptors (Lipinski definition) is 3. The molecule has 2 aromatic carbocycles. The number of nitrogens with two attached hydrogens (primary N) is 1. The van der Waals surface area contributed by atoms with Crippen LogP contribution in [0.3, 0.4) is 0 Å². The summed E-state index contributed by atoms with van der Waals surface area (Å²) in [6, 6.07) is 14.2. The highest BCUT2D eigenvalue weighted by molar-refractivity contribution is 7.89. The molecule has 0 saturated heterocycles. The van der Waals surface area contributed by atoms with E-state index in [0.717, 1.165) is 30.5 Å². The molecule has 6 heteroatoms. The predicted molar refractivity (Wildman–Crippen MR) is 99.8 cm³/mol. The fraction of sp³-hybridized carbons (Fsp3) is 0.316. The van der Waals surface area contributed by atoms with Crippen molar-refractivity contribution in [2.24, 2.45) is 5.14 Å². The van der Waals surface area contributed by atoms with Gasteiger partial charge in [0.1, 0.15) is 0 Å². The van der Waals surface area contributed by atoms with Crippen LogP contribution in [0.25, 0.3) is 0 Å². The number of hydrogen-bond donors (Lipinski definition) is 2. The van der Waals surface area contributed by atoms with Crippen molar-refractivity contribution in [3.63, 3.8) is 0 Å². The van der Waals surface area contributed by atoms with Crippen LogP contribution >= 0.6 is 0 Å².